The fraction of sp³-hybridized carbons (Fsp3) is 0.467. The van der Waals surface area contributed by atoms with Crippen molar-refractivity contribution in [3.63, 3.8) is 0 Å². The summed E-state index contributed by atoms with van der Waals surface area (Å²) >= 11 is 4.79. The van der Waals surface area contributed by atoms with Gasteiger partial charge in [-0.15, -0.1) is 0 Å². The van der Waals surface area contributed by atoms with E-state index in [2.05, 4.69) is 0 Å². The quantitative estimate of drug-likeness (QED) is 0.744. The van der Waals surface area contributed by atoms with Crippen molar-refractivity contribution in [1.29, 1.82) is 0 Å². The molecule has 1 aromatic carbocycles. The average molecular weight is 311 g/mol. The lowest BCUT2D eigenvalue weighted by molar-refractivity contribution is -0.130. The van der Waals surface area contributed by atoms with Gasteiger partial charge in [0.1, 0.15) is 5.82 Å². The highest BCUT2D eigenvalue weighted by Gasteiger charge is 2.10. The first-order valence-electron chi connectivity index (χ1n) is 6.83. The van der Waals surface area contributed by atoms with Crippen molar-refractivity contribution in [2.24, 2.45) is 5.73 Å². The molecule has 0 saturated heterocycles. The summed E-state index contributed by atoms with van der Waals surface area (Å²) in [5.74, 6) is -0.188. The molecule has 0 aromatic heterocycles. The third kappa shape index (κ3) is 7.15. The van der Waals surface area contributed by atoms with Gasteiger partial charge >= 0.3 is 0 Å². The number of thiocarbonyl (C=S) groups is 1. The molecule has 0 heterocycles. The van der Waals surface area contributed by atoms with Crippen LogP contribution in [0.25, 0.3) is 0 Å². The zero-order valence-electron chi connectivity index (χ0n) is 12.5. The molecule has 0 atom stereocenters. The molecule has 0 radical (unpaired) electrons. The van der Waals surface area contributed by atoms with E-state index >= 15 is 0 Å². The predicted octanol–water partition coefficient (Wildman–Crippen LogP) is 1.78. The van der Waals surface area contributed by atoms with Gasteiger partial charge < -0.3 is 15.5 Å². The maximum atomic E-state index is 13.1. The molecule has 0 spiro atoms. The first kappa shape index (κ1) is 17.5. The molecule has 1 amide bonds. The fourth-order valence-corrected chi connectivity index (χ4v) is 2.00. The molecule has 4 nitrogen and oxygen atoms in total. The first-order chi connectivity index (χ1) is 9.88. The van der Waals surface area contributed by atoms with Crippen LogP contribution < -0.4 is 5.73 Å². The maximum absolute atomic E-state index is 13.1. The summed E-state index contributed by atoms with van der Waals surface area (Å²) in [5.41, 5.74) is 6.31. The molecule has 21 heavy (non-hydrogen) atoms. The maximum Gasteiger partial charge on any atom is 0.223 e. The normalized spacial score (nSPS) is 10.7. The Morgan fingerprint density at radius 3 is 2.62 bits per heavy atom. The number of carbonyl (C=O) groups is 1. The summed E-state index contributed by atoms with van der Waals surface area (Å²) < 4.78 is 13.1. The van der Waals surface area contributed by atoms with Crippen LogP contribution in [-0.4, -0.2) is 47.9 Å². The SMILES string of the molecule is CN(CCC(=O)N(C)CCC(N)=S)Cc1cccc(F)c1. The van der Waals surface area contributed by atoms with E-state index in [9.17, 15) is 9.18 Å². The van der Waals surface area contributed by atoms with E-state index in [0.29, 0.717) is 37.5 Å². The van der Waals surface area contributed by atoms with Crippen molar-refractivity contribution in [1.82, 2.24) is 9.80 Å². The molecule has 0 aliphatic rings. The van der Waals surface area contributed by atoms with Gasteiger partial charge in [0.25, 0.3) is 0 Å². The Balaban J connectivity index is 2.33. The fourth-order valence-electron chi connectivity index (χ4n) is 1.91. The summed E-state index contributed by atoms with van der Waals surface area (Å²) in [4.78, 5) is 16.0. The van der Waals surface area contributed by atoms with Crippen LogP contribution in [0.2, 0.25) is 0 Å². The van der Waals surface area contributed by atoms with Gasteiger partial charge in [0.15, 0.2) is 0 Å². The first-order valence-corrected chi connectivity index (χ1v) is 7.24. The molecular formula is C15H22FN3OS. The van der Waals surface area contributed by atoms with Gasteiger partial charge in [-0.2, -0.15) is 0 Å². The number of amides is 1. The van der Waals surface area contributed by atoms with Crippen molar-refractivity contribution in [2.75, 3.05) is 27.2 Å². The lowest BCUT2D eigenvalue weighted by atomic mass is 10.2. The van der Waals surface area contributed by atoms with Gasteiger partial charge in [-0.3, -0.25) is 4.79 Å². The van der Waals surface area contributed by atoms with Gasteiger partial charge in [0.2, 0.25) is 5.91 Å². The number of benzene rings is 1. The second-order valence-corrected chi connectivity index (χ2v) is 5.67. The number of halogens is 1. The van der Waals surface area contributed by atoms with Crippen molar-refractivity contribution in [2.45, 2.75) is 19.4 Å². The Bertz CT molecular complexity index is 496. The van der Waals surface area contributed by atoms with Gasteiger partial charge in [0.05, 0.1) is 4.99 Å². The molecule has 6 heteroatoms. The van der Waals surface area contributed by atoms with Gasteiger partial charge in [-0.05, 0) is 24.7 Å². The Labute approximate surface area is 130 Å². The number of carbonyl (C=O) groups excluding carboxylic acids is 1. The average Bonchev–Trinajstić information content (AvgIpc) is 2.42. The highest BCUT2D eigenvalue weighted by molar-refractivity contribution is 7.80. The van der Waals surface area contributed by atoms with E-state index in [1.165, 1.54) is 12.1 Å². The number of nitrogens with zero attached hydrogens (tertiary/aromatic N) is 2. The van der Waals surface area contributed by atoms with E-state index < -0.39 is 0 Å². The van der Waals surface area contributed by atoms with E-state index in [1.54, 1.807) is 18.0 Å². The van der Waals surface area contributed by atoms with E-state index in [4.69, 9.17) is 18.0 Å². The van der Waals surface area contributed by atoms with Crippen molar-refractivity contribution in [3.8, 4) is 0 Å². The van der Waals surface area contributed by atoms with Crippen LogP contribution in [0.1, 0.15) is 18.4 Å². The van der Waals surface area contributed by atoms with Crippen LogP contribution in [0, 0.1) is 5.82 Å². The minimum atomic E-state index is -0.241. The van der Waals surface area contributed by atoms with Gasteiger partial charge in [-0.25, -0.2) is 4.39 Å². The minimum Gasteiger partial charge on any atom is -0.393 e. The van der Waals surface area contributed by atoms with E-state index in [-0.39, 0.29) is 11.7 Å². The van der Waals surface area contributed by atoms with Gasteiger partial charge in [-0.1, -0.05) is 24.4 Å². The summed E-state index contributed by atoms with van der Waals surface area (Å²) in [5, 5.41) is 0. The molecule has 2 N–H and O–H groups in total. The van der Waals surface area contributed by atoms with Crippen LogP contribution in [0.3, 0.4) is 0 Å². The van der Waals surface area contributed by atoms with Crippen molar-refractivity contribution in [3.05, 3.63) is 35.6 Å². The van der Waals surface area contributed by atoms with Crippen LogP contribution in [0.15, 0.2) is 24.3 Å². The van der Waals surface area contributed by atoms with Crippen molar-refractivity contribution < 1.29 is 9.18 Å². The molecule has 116 valence electrons. The van der Waals surface area contributed by atoms with Crippen LogP contribution in [0.4, 0.5) is 4.39 Å². The molecule has 0 bridgehead atoms. The Kier molecular flexibility index (Phi) is 7.25. The zero-order chi connectivity index (χ0) is 15.8. The zero-order valence-corrected chi connectivity index (χ0v) is 13.3. The Morgan fingerprint density at radius 2 is 2.00 bits per heavy atom. The summed E-state index contributed by atoms with van der Waals surface area (Å²) in [7, 11) is 3.65. The van der Waals surface area contributed by atoms with E-state index in [0.717, 1.165) is 5.56 Å². The second-order valence-electron chi connectivity index (χ2n) is 5.15. The molecule has 0 unspecified atom stereocenters. The number of hydrogen-bond acceptors (Lipinski definition) is 3. The second kappa shape index (κ2) is 8.69. The lowest BCUT2D eigenvalue weighted by Gasteiger charge is -2.20. The molecular weight excluding hydrogens is 289 g/mol. The molecule has 1 rings (SSSR count). The highest BCUT2D eigenvalue weighted by Crippen LogP contribution is 2.06. The predicted molar refractivity (Wildman–Crippen MR) is 86.4 cm³/mol. The molecule has 0 aliphatic carbocycles. The smallest absolute Gasteiger partial charge is 0.223 e. The largest absolute Gasteiger partial charge is 0.393 e. The molecule has 0 saturated carbocycles. The topological polar surface area (TPSA) is 49.6 Å². The lowest BCUT2D eigenvalue weighted by Crippen LogP contribution is -2.32. The number of nitrogens with two attached hydrogens (primary N) is 1. The highest BCUT2D eigenvalue weighted by atomic mass is 32.1. The monoisotopic (exact) mass is 311 g/mol. The molecule has 0 aliphatic heterocycles. The summed E-state index contributed by atoms with van der Waals surface area (Å²) in [6.07, 6.45) is 0.955. The van der Waals surface area contributed by atoms with Crippen molar-refractivity contribution >= 4 is 23.1 Å². The van der Waals surface area contributed by atoms with Gasteiger partial charge in [0, 0.05) is 39.5 Å². The summed E-state index contributed by atoms with van der Waals surface area (Å²) in [6, 6.07) is 6.49. The van der Waals surface area contributed by atoms with Crippen LogP contribution >= 0.6 is 12.2 Å². The molecule has 0 fully saturated rings. The third-order valence-electron chi connectivity index (χ3n) is 3.17. The summed E-state index contributed by atoms with van der Waals surface area (Å²) in [6.45, 7) is 1.77. The Hall–Kier alpha value is -1.53. The standard InChI is InChI=1S/C15H22FN3OS/c1-18(11-12-4-3-5-13(16)10-12)8-7-15(20)19(2)9-6-14(17)21/h3-5,10H,6-9,11H2,1-2H3,(H2,17,21). The number of hydrogen-bond donors (Lipinski definition) is 1. The van der Waals surface area contributed by atoms with Crippen LogP contribution in [0.5, 0.6) is 0 Å². The molecule has 1 aromatic rings. The minimum absolute atomic E-state index is 0.0531. The Morgan fingerprint density at radius 1 is 1.29 bits per heavy atom. The van der Waals surface area contributed by atoms with E-state index in [1.807, 2.05) is 18.0 Å². The van der Waals surface area contributed by atoms with Crippen LogP contribution in [-0.2, 0) is 11.3 Å². The number of rotatable bonds is 8. The third-order valence-corrected chi connectivity index (χ3v) is 3.37.